The largest absolute Gasteiger partial charge is 0.446 e. The average Bonchev–Trinajstić information content (AvgIpc) is 3.24. The van der Waals surface area contributed by atoms with Crippen LogP contribution in [0.2, 0.25) is 0 Å². The van der Waals surface area contributed by atoms with Crippen molar-refractivity contribution in [1.29, 1.82) is 0 Å². The lowest BCUT2D eigenvalue weighted by Crippen LogP contribution is -2.45. The molecule has 3 fully saturated rings. The van der Waals surface area contributed by atoms with E-state index in [-0.39, 0.29) is 6.61 Å². The van der Waals surface area contributed by atoms with Crippen LogP contribution < -0.4 is 4.72 Å². The number of ether oxygens (including phenoxy) is 6. The first kappa shape index (κ1) is 34.5. The summed E-state index contributed by atoms with van der Waals surface area (Å²) in [5.41, 5.74) is 0. The molecule has 4 atom stereocenters. The Hall–Kier alpha value is -1.02. The summed E-state index contributed by atoms with van der Waals surface area (Å²) in [5, 5.41) is 0. The predicted molar refractivity (Wildman–Crippen MR) is 155 cm³/mol. The van der Waals surface area contributed by atoms with Crippen LogP contribution in [0.3, 0.4) is 0 Å². The van der Waals surface area contributed by atoms with Gasteiger partial charge in [-0.25, -0.2) is 9.52 Å². The van der Waals surface area contributed by atoms with Crippen LogP contribution in [0.4, 0.5) is 4.79 Å². The highest BCUT2D eigenvalue weighted by Crippen LogP contribution is 2.39. The molecule has 3 rings (SSSR count). The fraction of sp³-hybridized carbons (Fsp3) is 0.966. The second-order valence-corrected chi connectivity index (χ2v) is 13.5. The molecule has 0 saturated carbocycles. The van der Waals surface area contributed by atoms with E-state index in [1.165, 1.54) is 55.7 Å². The van der Waals surface area contributed by atoms with Gasteiger partial charge in [-0.1, -0.05) is 71.1 Å². The fourth-order valence-corrected chi connectivity index (χ4v) is 6.66. The lowest BCUT2D eigenvalue weighted by Gasteiger charge is -2.24. The van der Waals surface area contributed by atoms with E-state index in [2.05, 4.69) is 6.92 Å². The number of nitrogens with zero attached hydrogens (tertiary/aromatic N) is 1. The molecule has 1 N–H and O–H groups in total. The van der Waals surface area contributed by atoms with Crippen molar-refractivity contribution in [3.8, 4) is 0 Å². The van der Waals surface area contributed by atoms with Gasteiger partial charge < -0.3 is 28.4 Å². The third-order valence-corrected chi connectivity index (χ3v) is 9.18. The number of hydrogen-bond acceptors (Lipinski definition) is 9. The summed E-state index contributed by atoms with van der Waals surface area (Å²) in [5.74, 6) is -0.837. The van der Waals surface area contributed by atoms with Crippen molar-refractivity contribution in [2.45, 2.75) is 141 Å². The minimum Gasteiger partial charge on any atom is -0.446 e. The van der Waals surface area contributed by atoms with E-state index in [1.54, 1.807) is 13.8 Å². The maximum atomic E-state index is 12.6. The van der Waals surface area contributed by atoms with Gasteiger partial charge in [0, 0.05) is 26.3 Å². The molecule has 0 bridgehead atoms. The van der Waals surface area contributed by atoms with Gasteiger partial charge in [-0.3, -0.25) is 0 Å². The Morgan fingerprint density at radius 3 is 2.15 bits per heavy atom. The molecule has 3 aliphatic rings. The van der Waals surface area contributed by atoms with E-state index in [4.69, 9.17) is 28.4 Å². The molecule has 0 aromatic heterocycles. The minimum absolute atomic E-state index is 0.191. The lowest BCUT2D eigenvalue weighted by molar-refractivity contribution is -0.236. The van der Waals surface area contributed by atoms with Crippen molar-refractivity contribution in [1.82, 2.24) is 9.03 Å². The van der Waals surface area contributed by atoms with Crippen molar-refractivity contribution in [2.75, 3.05) is 39.5 Å². The smallest absolute Gasteiger partial charge is 0.422 e. The van der Waals surface area contributed by atoms with Crippen molar-refractivity contribution in [2.24, 2.45) is 0 Å². The summed E-state index contributed by atoms with van der Waals surface area (Å²) in [4.78, 5) is 12.4. The molecule has 1 unspecified atom stereocenters. The molecule has 1 amide bonds. The number of hydrogen-bond donors (Lipinski definition) is 1. The molecule has 0 radical (unpaired) electrons. The van der Waals surface area contributed by atoms with Gasteiger partial charge in [0.2, 0.25) is 0 Å². The number of rotatable bonds is 19. The molecule has 0 aliphatic carbocycles. The first-order chi connectivity index (χ1) is 19.7. The van der Waals surface area contributed by atoms with Crippen LogP contribution >= 0.6 is 0 Å². The van der Waals surface area contributed by atoms with Gasteiger partial charge in [-0.05, 0) is 39.5 Å². The van der Waals surface area contributed by atoms with Gasteiger partial charge in [0.05, 0.1) is 6.61 Å². The Bertz CT molecular complexity index is 849. The summed E-state index contributed by atoms with van der Waals surface area (Å²) in [6.07, 6.45) is 12.5. The van der Waals surface area contributed by atoms with Crippen molar-refractivity contribution in [3.05, 3.63) is 0 Å². The Kier molecular flexibility index (Phi) is 15.1. The molecule has 0 aromatic carbocycles. The highest BCUT2D eigenvalue weighted by molar-refractivity contribution is 7.87. The van der Waals surface area contributed by atoms with Crippen LogP contribution in [0.25, 0.3) is 0 Å². The molecule has 11 nitrogen and oxygen atoms in total. The van der Waals surface area contributed by atoms with Gasteiger partial charge in [0.1, 0.15) is 24.9 Å². The van der Waals surface area contributed by atoms with E-state index >= 15 is 0 Å². The normalized spacial score (nSPS) is 26.5. The lowest BCUT2D eigenvalue weighted by atomic mass is 10.1. The van der Waals surface area contributed by atoms with Crippen LogP contribution in [0.5, 0.6) is 0 Å². The number of carbonyl (C=O) groups excluding carboxylic acids is 1. The summed E-state index contributed by atoms with van der Waals surface area (Å²) < 4.78 is 63.4. The minimum atomic E-state index is -3.96. The molecular formula is C29H54N2O9S. The number of carbonyl (C=O) groups is 1. The Morgan fingerprint density at radius 1 is 0.854 bits per heavy atom. The van der Waals surface area contributed by atoms with E-state index in [0.717, 1.165) is 45.1 Å². The highest BCUT2D eigenvalue weighted by Gasteiger charge is 2.56. The van der Waals surface area contributed by atoms with Crippen molar-refractivity contribution >= 4 is 16.3 Å². The van der Waals surface area contributed by atoms with Gasteiger partial charge in [0.25, 0.3) is 0 Å². The molecule has 3 saturated heterocycles. The Labute approximate surface area is 247 Å². The summed E-state index contributed by atoms with van der Waals surface area (Å²) in [6.45, 7) is 8.25. The SMILES string of the molecule is CCCCCCCCCCCOCCCOC1O[C@H](COC(=O)NS(=O)(=O)N2CCCCCC2)[C@@H]2OC(C)(C)O[C@H]12. The van der Waals surface area contributed by atoms with E-state index < -0.39 is 46.7 Å². The first-order valence-electron chi connectivity index (χ1n) is 15.9. The van der Waals surface area contributed by atoms with Crippen LogP contribution in [0.1, 0.15) is 111 Å². The summed E-state index contributed by atoms with van der Waals surface area (Å²) in [7, 11) is -3.96. The Morgan fingerprint density at radius 2 is 1.46 bits per heavy atom. The molecule has 3 aliphatic heterocycles. The van der Waals surface area contributed by atoms with E-state index in [1.807, 2.05) is 4.72 Å². The fourth-order valence-electron chi connectivity index (χ4n) is 5.53. The first-order valence-corrected chi connectivity index (χ1v) is 17.3. The number of amides is 1. The topological polar surface area (TPSA) is 122 Å². The predicted octanol–water partition coefficient (Wildman–Crippen LogP) is 5.03. The zero-order valence-electron chi connectivity index (χ0n) is 25.5. The molecule has 240 valence electrons. The van der Waals surface area contributed by atoms with Crippen LogP contribution in [0.15, 0.2) is 0 Å². The van der Waals surface area contributed by atoms with E-state index in [0.29, 0.717) is 26.3 Å². The van der Waals surface area contributed by atoms with Crippen LogP contribution in [-0.2, 0) is 38.6 Å². The third-order valence-electron chi connectivity index (χ3n) is 7.71. The second kappa shape index (κ2) is 17.9. The standard InChI is InChI=1S/C29H54N2O9S/c1-4-5-6-7-8-9-10-13-16-20-35-21-17-22-36-27-26-25(39-29(2,3)40-26)24(38-27)23-37-28(32)30-41(33,34)31-18-14-11-12-15-19-31/h24-27H,4-23H2,1-3H3,(H,30,32)/t24-,25+,26+,27?/m1/s1. The van der Waals surface area contributed by atoms with Gasteiger partial charge in [0.15, 0.2) is 12.1 Å². The maximum Gasteiger partial charge on any atom is 0.422 e. The van der Waals surface area contributed by atoms with Gasteiger partial charge in [-0.2, -0.15) is 12.7 Å². The highest BCUT2D eigenvalue weighted by atomic mass is 32.2. The number of fused-ring (bicyclic) bond motifs is 1. The zero-order valence-corrected chi connectivity index (χ0v) is 26.3. The maximum absolute atomic E-state index is 12.6. The molecule has 41 heavy (non-hydrogen) atoms. The number of nitrogens with one attached hydrogen (secondary N) is 1. The summed E-state index contributed by atoms with van der Waals surface area (Å²) >= 11 is 0. The van der Waals surface area contributed by atoms with Gasteiger partial charge >= 0.3 is 16.3 Å². The van der Waals surface area contributed by atoms with Crippen LogP contribution in [0, 0.1) is 0 Å². The molecular weight excluding hydrogens is 552 g/mol. The molecule has 3 heterocycles. The Balaban J connectivity index is 1.30. The second-order valence-electron chi connectivity index (χ2n) is 11.8. The monoisotopic (exact) mass is 606 g/mol. The van der Waals surface area contributed by atoms with E-state index in [9.17, 15) is 13.2 Å². The van der Waals surface area contributed by atoms with Crippen LogP contribution in [-0.4, -0.2) is 88.7 Å². The average molecular weight is 607 g/mol. The summed E-state index contributed by atoms with van der Waals surface area (Å²) in [6, 6.07) is 0. The molecule has 12 heteroatoms. The zero-order chi connectivity index (χ0) is 29.6. The third kappa shape index (κ3) is 12.2. The quantitative estimate of drug-likeness (QED) is 0.202. The van der Waals surface area contributed by atoms with Crippen molar-refractivity contribution in [3.63, 3.8) is 0 Å². The van der Waals surface area contributed by atoms with Gasteiger partial charge in [-0.15, -0.1) is 0 Å². The molecule has 0 aromatic rings. The van der Waals surface area contributed by atoms with Crippen molar-refractivity contribution < 1.29 is 41.6 Å². The molecule has 0 spiro atoms. The number of unbranched alkanes of at least 4 members (excludes halogenated alkanes) is 8.